The van der Waals surface area contributed by atoms with Crippen molar-refractivity contribution in [3.8, 4) is 0 Å². The molecular formula is C9H19NO2. The molecule has 0 amide bonds. The number of hydrogen-bond donors (Lipinski definition) is 1. The van der Waals surface area contributed by atoms with Crippen molar-refractivity contribution in [1.82, 2.24) is 5.32 Å². The van der Waals surface area contributed by atoms with Gasteiger partial charge in [-0.3, -0.25) is 0 Å². The molecule has 0 bridgehead atoms. The Morgan fingerprint density at radius 2 is 2.08 bits per heavy atom. The van der Waals surface area contributed by atoms with E-state index in [-0.39, 0.29) is 5.54 Å². The molecule has 1 rings (SSSR count). The summed E-state index contributed by atoms with van der Waals surface area (Å²) < 4.78 is 10.5. The SMILES string of the molecule is CCNC1(COC)CCOCC1. The van der Waals surface area contributed by atoms with Crippen LogP contribution in [0, 0.1) is 0 Å². The van der Waals surface area contributed by atoms with E-state index in [0.29, 0.717) is 0 Å². The fourth-order valence-corrected chi connectivity index (χ4v) is 1.79. The molecule has 0 aromatic carbocycles. The summed E-state index contributed by atoms with van der Waals surface area (Å²) in [6.07, 6.45) is 2.13. The molecule has 3 heteroatoms. The fourth-order valence-electron chi connectivity index (χ4n) is 1.79. The molecule has 12 heavy (non-hydrogen) atoms. The second-order valence-electron chi connectivity index (χ2n) is 3.36. The van der Waals surface area contributed by atoms with E-state index in [1.54, 1.807) is 7.11 Å². The summed E-state index contributed by atoms with van der Waals surface area (Å²) in [4.78, 5) is 0. The monoisotopic (exact) mass is 173 g/mol. The average molecular weight is 173 g/mol. The molecule has 0 unspecified atom stereocenters. The Morgan fingerprint density at radius 3 is 2.58 bits per heavy atom. The van der Waals surface area contributed by atoms with Crippen molar-refractivity contribution in [2.45, 2.75) is 25.3 Å². The summed E-state index contributed by atoms with van der Waals surface area (Å²) >= 11 is 0. The zero-order valence-electron chi connectivity index (χ0n) is 8.06. The van der Waals surface area contributed by atoms with E-state index in [1.807, 2.05) is 0 Å². The maximum Gasteiger partial charge on any atom is 0.0646 e. The molecule has 0 aromatic heterocycles. The molecule has 1 aliphatic rings. The number of hydrogen-bond acceptors (Lipinski definition) is 3. The molecule has 1 saturated heterocycles. The first-order valence-corrected chi connectivity index (χ1v) is 4.65. The lowest BCUT2D eigenvalue weighted by Gasteiger charge is -2.37. The highest BCUT2D eigenvalue weighted by molar-refractivity contribution is 4.89. The quantitative estimate of drug-likeness (QED) is 0.682. The van der Waals surface area contributed by atoms with Gasteiger partial charge < -0.3 is 14.8 Å². The predicted molar refractivity (Wildman–Crippen MR) is 48.3 cm³/mol. The van der Waals surface area contributed by atoms with Crippen LogP contribution in [0.5, 0.6) is 0 Å². The van der Waals surface area contributed by atoms with Crippen LogP contribution in [-0.2, 0) is 9.47 Å². The Hall–Kier alpha value is -0.120. The number of methoxy groups -OCH3 is 1. The number of rotatable bonds is 4. The van der Waals surface area contributed by atoms with Gasteiger partial charge in [-0.05, 0) is 19.4 Å². The Kier molecular flexibility index (Phi) is 3.98. The van der Waals surface area contributed by atoms with Gasteiger partial charge in [-0.15, -0.1) is 0 Å². The predicted octanol–water partition coefficient (Wildman–Crippen LogP) is 0.791. The molecule has 72 valence electrons. The summed E-state index contributed by atoms with van der Waals surface area (Å²) in [5, 5.41) is 3.49. The molecule has 1 heterocycles. The molecule has 1 fully saturated rings. The topological polar surface area (TPSA) is 30.5 Å². The second kappa shape index (κ2) is 4.80. The molecule has 1 N–H and O–H groups in total. The highest BCUT2D eigenvalue weighted by Gasteiger charge is 2.31. The van der Waals surface area contributed by atoms with Gasteiger partial charge in [0.25, 0.3) is 0 Å². The van der Waals surface area contributed by atoms with Gasteiger partial charge in [0, 0.05) is 25.9 Å². The number of likely N-dealkylation sites (N-methyl/N-ethyl adjacent to an activating group) is 1. The Morgan fingerprint density at radius 1 is 1.42 bits per heavy atom. The van der Waals surface area contributed by atoms with Crippen LogP contribution >= 0.6 is 0 Å². The standard InChI is InChI=1S/C9H19NO2/c1-3-10-9(8-11-2)4-6-12-7-5-9/h10H,3-8H2,1-2H3. The van der Waals surface area contributed by atoms with E-state index in [0.717, 1.165) is 39.2 Å². The Labute approximate surface area is 74.4 Å². The first-order valence-electron chi connectivity index (χ1n) is 4.65. The zero-order valence-corrected chi connectivity index (χ0v) is 8.06. The van der Waals surface area contributed by atoms with Gasteiger partial charge in [0.1, 0.15) is 0 Å². The largest absolute Gasteiger partial charge is 0.383 e. The highest BCUT2D eigenvalue weighted by Crippen LogP contribution is 2.20. The summed E-state index contributed by atoms with van der Waals surface area (Å²) in [7, 11) is 1.76. The summed E-state index contributed by atoms with van der Waals surface area (Å²) in [5.41, 5.74) is 0.182. The minimum absolute atomic E-state index is 0.182. The number of nitrogens with one attached hydrogen (secondary N) is 1. The van der Waals surface area contributed by atoms with Crippen molar-refractivity contribution in [2.75, 3.05) is 33.5 Å². The van der Waals surface area contributed by atoms with Crippen molar-refractivity contribution in [3.63, 3.8) is 0 Å². The summed E-state index contributed by atoms with van der Waals surface area (Å²) in [6, 6.07) is 0. The molecule has 0 aromatic rings. The lowest BCUT2D eigenvalue weighted by Crippen LogP contribution is -2.52. The normalized spacial score (nSPS) is 22.5. The molecule has 1 aliphatic heterocycles. The van der Waals surface area contributed by atoms with Crippen LogP contribution in [-0.4, -0.2) is 39.0 Å². The van der Waals surface area contributed by atoms with Gasteiger partial charge in [-0.2, -0.15) is 0 Å². The van der Waals surface area contributed by atoms with Crippen molar-refractivity contribution < 1.29 is 9.47 Å². The maximum absolute atomic E-state index is 5.32. The van der Waals surface area contributed by atoms with E-state index in [1.165, 1.54) is 0 Å². The van der Waals surface area contributed by atoms with Gasteiger partial charge >= 0.3 is 0 Å². The lowest BCUT2D eigenvalue weighted by atomic mass is 9.91. The van der Waals surface area contributed by atoms with Crippen LogP contribution in [0.1, 0.15) is 19.8 Å². The van der Waals surface area contributed by atoms with E-state index in [9.17, 15) is 0 Å². The van der Waals surface area contributed by atoms with Gasteiger partial charge in [-0.25, -0.2) is 0 Å². The lowest BCUT2D eigenvalue weighted by molar-refractivity contribution is 0.00147. The first-order chi connectivity index (χ1) is 5.83. The number of ether oxygens (including phenoxy) is 2. The molecular weight excluding hydrogens is 154 g/mol. The maximum atomic E-state index is 5.32. The van der Waals surface area contributed by atoms with Crippen LogP contribution in [0.3, 0.4) is 0 Å². The van der Waals surface area contributed by atoms with Gasteiger partial charge in [0.05, 0.1) is 6.61 Å². The van der Waals surface area contributed by atoms with Crippen molar-refractivity contribution >= 4 is 0 Å². The molecule has 0 saturated carbocycles. The van der Waals surface area contributed by atoms with E-state index in [2.05, 4.69) is 12.2 Å². The highest BCUT2D eigenvalue weighted by atomic mass is 16.5. The zero-order chi connectivity index (χ0) is 8.86. The smallest absolute Gasteiger partial charge is 0.0646 e. The van der Waals surface area contributed by atoms with E-state index in [4.69, 9.17) is 9.47 Å². The van der Waals surface area contributed by atoms with Crippen LogP contribution in [0.15, 0.2) is 0 Å². The molecule has 0 atom stereocenters. The molecule has 0 aliphatic carbocycles. The minimum atomic E-state index is 0.182. The second-order valence-corrected chi connectivity index (χ2v) is 3.36. The van der Waals surface area contributed by atoms with E-state index >= 15 is 0 Å². The van der Waals surface area contributed by atoms with Gasteiger partial charge in [-0.1, -0.05) is 6.92 Å². The fraction of sp³-hybridized carbons (Fsp3) is 1.00. The minimum Gasteiger partial charge on any atom is -0.383 e. The summed E-state index contributed by atoms with van der Waals surface area (Å²) in [5.74, 6) is 0. The Balaban J connectivity index is 2.44. The van der Waals surface area contributed by atoms with Crippen molar-refractivity contribution in [3.05, 3.63) is 0 Å². The van der Waals surface area contributed by atoms with E-state index < -0.39 is 0 Å². The first kappa shape index (κ1) is 9.96. The third kappa shape index (κ3) is 2.44. The van der Waals surface area contributed by atoms with Crippen LogP contribution in [0.25, 0.3) is 0 Å². The van der Waals surface area contributed by atoms with Crippen LogP contribution < -0.4 is 5.32 Å². The third-order valence-electron chi connectivity index (χ3n) is 2.42. The van der Waals surface area contributed by atoms with Gasteiger partial charge in [0.15, 0.2) is 0 Å². The average Bonchev–Trinajstić information content (AvgIpc) is 2.07. The van der Waals surface area contributed by atoms with Gasteiger partial charge in [0.2, 0.25) is 0 Å². The van der Waals surface area contributed by atoms with Crippen molar-refractivity contribution in [2.24, 2.45) is 0 Å². The van der Waals surface area contributed by atoms with Crippen LogP contribution in [0.4, 0.5) is 0 Å². The molecule has 3 nitrogen and oxygen atoms in total. The molecule has 0 spiro atoms. The Bertz CT molecular complexity index is 106. The van der Waals surface area contributed by atoms with Crippen LogP contribution in [0.2, 0.25) is 0 Å². The van der Waals surface area contributed by atoms with Crippen molar-refractivity contribution in [1.29, 1.82) is 0 Å². The summed E-state index contributed by atoms with van der Waals surface area (Å²) in [6.45, 7) is 5.65. The third-order valence-corrected chi connectivity index (χ3v) is 2.42. The molecule has 0 radical (unpaired) electrons.